The van der Waals surface area contributed by atoms with Crippen LogP contribution in [0.4, 0.5) is 14.5 Å². The summed E-state index contributed by atoms with van der Waals surface area (Å²) in [6.45, 7) is -2.00. The first-order valence-electron chi connectivity index (χ1n) is 6.74. The summed E-state index contributed by atoms with van der Waals surface area (Å²) < 4.78 is 28.3. The van der Waals surface area contributed by atoms with Gasteiger partial charge in [-0.25, -0.2) is 0 Å². The normalized spacial score (nSPS) is 19.4. The van der Waals surface area contributed by atoms with Crippen molar-refractivity contribution < 1.29 is 18.3 Å². The third-order valence-electron chi connectivity index (χ3n) is 3.22. The summed E-state index contributed by atoms with van der Waals surface area (Å²) in [4.78, 5) is 12.1. The number of ether oxygens (including phenoxy) is 1. The van der Waals surface area contributed by atoms with E-state index in [1.54, 1.807) is 12.1 Å². The molecule has 1 heterocycles. The fourth-order valence-corrected chi connectivity index (χ4v) is 2.20. The summed E-state index contributed by atoms with van der Waals surface area (Å²) in [6, 6.07) is 5.72. The first-order chi connectivity index (χ1) is 9.65. The summed E-state index contributed by atoms with van der Waals surface area (Å²) in [5.74, 6) is -0.0139. The molecule has 0 radical (unpaired) electrons. The molecule has 1 aromatic rings. The second-order valence-corrected chi connectivity index (χ2v) is 4.75. The Labute approximate surface area is 116 Å². The summed E-state index contributed by atoms with van der Waals surface area (Å²) in [5.41, 5.74) is 0.572. The van der Waals surface area contributed by atoms with E-state index in [1.807, 2.05) is 0 Å². The van der Waals surface area contributed by atoms with Crippen molar-refractivity contribution in [3.8, 4) is 5.75 Å². The predicted octanol–water partition coefficient (Wildman–Crippen LogP) is 2.76. The van der Waals surface area contributed by atoms with Crippen molar-refractivity contribution in [2.75, 3.05) is 11.9 Å². The van der Waals surface area contributed by atoms with Crippen molar-refractivity contribution in [3.63, 3.8) is 0 Å². The van der Waals surface area contributed by atoms with E-state index in [4.69, 9.17) is 0 Å². The maximum Gasteiger partial charge on any atom is 0.387 e. The van der Waals surface area contributed by atoms with Gasteiger partial charge >= 0.3 is 6.61 Å². The molecule has 1 atom stereocenters. The number of carbonyl (C=O) groups excluding carboxylic acids is 1. The Balaban J connectivity index is 1.90. The summed E-state index contributed by atoms with van der Waals surface area (Å²) in [5, 5.41) is 5.98. The zero-order chi connectivity index (χ0) is 14.4. The van der Waals surface area contributed by atoms with Gasteiger partial charge in [-0.1, -0.05) is 12.8 Å². The third-order valence-corrected chi connectivity index (χ3v) is 3.22. The molecule has 0 saturated carbocycles. The van der Waals surface area contributed by atoms with E-state index in [0.717, 1.165) is 32.2 Å². The standard InChI is InChI=1S/C14H18F2N2O2/c15-14(16)20-11-7-5-10(6-8-11)18-13(19)12-4-2-1-3-9-17-12/h5-8,12,14,17H,1-4,9H2,(H,18,19). The van der Waals surface area contributed by atoms with Gasteiger partial charge in [0.15, 0.2) is 0 Å². The molecular formula is C14H18F2N2O2. The number of nitrogens with one attached hydrogen (secondary N) is 2. The minimum absolute atomic E-state index is 0.0746. The number of halogens is 2. The highest BCUT2D eigenvalue weighted by atomic mass is 19.3. The van der Waals surface area contributed by atoms with Crippen LogP contribution in [0, 0.1) is 0 Å². The molecule has 2 N–H and O–H groups in total. The van der Waals surface area contributed by atoms with Crippen molar-refractivity contribution >= 4 is 11.6 Å². The lowest BCUT2D eigenvalue weighted by Gasteiger charge is -2.15. The van der Waals surface area contributed by atoms with E-state index in [0.29, 0.717) is 5.69 Å². The maximum atomic E-state index is 12.1. The van der Waals surface area contributed by atoms with Crippen molar-refractivity contribution in [2.45, 2.75) is 38.3 Å². The molecule has 0 spiro atoms. The predicted molar refractivity (Wildman–Crippen MR) is 72.0 cm³/mol. The molecule has 1 amide bonds. The second-order valence-electron chi connectivity index (χ2n) is 4.75. The third kappa shape index (κ3) is 4.45. The number of rotatable bonds is 4. The quantitative estimate of drug-likeness (QED) is 0.894. The topological polar surface area (TPSA) is 50.4 Å². The number of anilines is 1. The van der Waals surface area contributed by atoms with E-state index in [1.165, 1.54) is 12.1 Å². The number of hydrogen-bond acceptors (Lipinski definition) is 3. The van der Waals surface area contributed by atoms with Crippen LogP contribution < -0.4 is 15.4 Å². The number of alkyl halides is 2. The zero-order valence-corrected chi connectivity index (χ0v) is 11.1. The molecular weight excluding hydrogens is 266 g/mol. The highest BCUT2D eigenvalue weighted by Crippen LogP contribution is 2.18. The number of amides is 1. The highest BCUT2D eigenvalue weighted by molar-refractivity contribution is 5.94. The minimum Gasteiger partial charge on any atom is -0.435 e. The van der Waals surface area contributed by atoms with Crippen molar-refractivity contribution in [1.29, 1.82) is 0 Å². The lowest BCUT2D eigenvalue weighted by Crippen LogP contribution is -2.39. The Morgan fingerprint density at radius 3 is 2.70 bits per heavy atom. The molecule has 1 unspecified atom stereocenters. The van der Waals surface area contributed by atoms with Gasteiger partial charge in [-0.2, -0.15) is 8.78 Å². The molecule has 1 aliphatic heterocycles. The van der Waals surface area contributed by atoms with Crippen LogP contribution >= 0.6 is 0 Å². The lowest BCUT2D eigenvalue weighted by atomic mass is 10.1. The molecule has 1 saturated heterocycles. The molecule has 20 heavy (non-hydrogen) atoms. The Morgan fingerprint density at radius 1 is 1.25 bits per heavy atom. The van der Waals surface area contributed by atoms with E-state index in [2.05, 4.69) is 15.4 Å². The van der Waals surface area contributed by atoms with Crippen molar-refractivity contribution in [2.24, 2.45) is 0 Å². The second kappa shape index (κ2) is 7.19. The van der Waals surface area contributed by atoms with Gasteiger partial charge in [-0.3, -0.25) is 4.79 Å². The van der Waals surface area contributed by atoms with Gasteiger partial charge in [0.05, 0.1) is 6.04 Å². The van der Waals surface area contributed by atoms with Crippen LogP contribution in [-0.2, 0) is 4.79 Å². The highest BCUT2D eigenvalue weighted by Gasteiger charge is 2.19. The van der Waals surface area contributed by atoms with Crippen LogP contribution in [0.2, 0.25) is 0 Å². The molecule has 1 fully saturated rings. The van der Waals surface area contributed by atoms with Crippen LogP contribution in [0.15, 0.2) is 24.3 Å². The van der Waals surface area contributed by atoms with E-state index in [9.17, 15) is 13.6 Å². The number of benzene rings is 1. The lowest BCUT2D eigenvalue weighted by molar-refractivity contribution is -0.118. The SMILES string of the molecule is O=C(Nc1ccc(OC(F)F)cc1)C1CCCCCN1. The molecule has 110 valence electrons. The van der Waals surface area contributed by atoms with Gasteiger partial charge < -0.3 is 15.4 Å². The Morgan fingerprint density at radius 2 is 2.00 bits per heavy atom. The Kier molecular flexibility index (Phi) is 5.29. The number of hydrogen-bond donors (Lipinski definition) is 2. The van der Waals surface area contributed by atoms with Gasteiger partial charge in [0.25, 0.3) is 0 Å². The van der Waals surface area contributed by atoms with Crippen LogP contribution in [0.5, 0.6) is 5.75 Å². The van der Waals surface area contributed by atoms with Crippen LogP contribution in [0.1, 0.15) is 25.7 Å². The monoisotopic (exact) mass is 284 g/mol. The molecule has 6 heteroatoms. The largest absolute Gasteiger partial charge is 0.435 e. The van der Waals surface area contributed by atoms with E-state index in [-0.39, 0.29) is 17.7 Å². The summed E-state index contributed by atoms with van der Waals surface area (Å²) in [7, 11) is 0. The van der Waals surface area contributed by atoms with Gasteiger partial charge in [-0.15, -0.1) is 0 Å². The van der Waals surface area contributed by atoms with Gasteiger partial charge in [-0.05, 0) is 43.7 Å². The molecule has 0 bridgehead atoms. The fraction of sp³-hybridized carbons (Fsp3) is 0.500. The summed E-state index contributed by atoms with van der Waals surface area (Å²) in [6.07, 6.45) is 4.07. The molecule has 4 nitrogen and oxygen atoms in total. The summed E-state index contributed by atoms with van der Waals surface area (Å²) >= 11 is 0. The molecule has 1 aromatic carbocycles. The smallest absolute Gasteiger partial charge is 0.387 e. The average molecular weight is 284 g/mol. The van der Waals surface area contributed by atoms with Crippen LogP contribution in [0.3, 0.4) is 0 Å². The Hall–Kier alpha value is -1.69. The number of carbonyl (C=O) groups is 1. The van der Waals surface area contributed by atoms with Crippen molar-refractivity contribution in [3.05, 3.63) is 24.3 Å². The first kappa shape index (κ1) is 14.7. The van der Waals surface area contributed by atoms with Gasteiger partial charge in [0.2, 0.25) is 5.91 Å². The van der Waals surface area contributed by atoms with E-state index < -0.39 is 6.61 Å². The van der Waals surface area contributed by atoms with E-state index >= 15 is 0 Å². The first-order valence-corrected chi connectivity index (χ1v) is 6.74. The zero-order valence-electron chi connectivity index (χ0n) is 11.1. The Bertz CT molecular complexity index is 429. The maximum absolute atomic E-state index is 12.1. The average Bonchev–Trinajstić information content (AvgIpc) is 2.69. The van der Waals surface area contributed by atoms with Crippen LogP contribution in [0.25, 0.3) is 0 Å². The molecule has 0 aromatic heterocycles. The minimum atomic E-state index is -2.84. The fourth-order valence-electron chi connectivity index (χ4n) is 2.20. The van der Waals surface area contributed by atoms with Gasteiger partial charge in [0.1, 0.15) is 5.75 Å². The molecule has 1 aliphatic rings. The van der Waals surface area contributed by atoms with Crippen molar-refractivity contribution in [1.82, 2.24) is 5.32 Å². The van der Waals surface area contributed by atoms with Crippen LogP contribution in [-0.4, -0.2) is 25.1 Å². The molecule has 0 aliphatic carbocycles. The van der Waals surface area contributed by atoms with Gasteiger partial charge in [0, 0.05) is 5.69 Å². The molecule has 2 rings (SSSR count).